The fraction of sp³-hybridized carbons (Fsp3) is 0.900. The van der Waals surface area contributed by atoms with Crippen LogP contribution in [-0.2, 0) is 0 Å². The van der Waals surface area contributed by atoms with Crippen molar-refractivity contribution in [3.05, 3.63) is 6.42 Å². The van der Waals surface area contributed by atoms with Crippen molar-refractivity contribution < 1.29 is 0 Å². The molecular formula is C10H17. The molecule has 2 aliphatic carbocycles. The zero-order valence-electron chi connectivity index (χ0n) is 7.22. The average molecular weight is 137 g/mol. The van der Waals surface area contributed by atoms with Crippen LogP contribution in [0.4, 0.5) is 0 Å². The van der Waals surface area contributed by atoms with Crippen LogP contribution in [0.1, 0.15) is 33.6 Å². The predicted molar refractivity (Wildman–Crippen MR) is 43.5 cm³/mol. The lowest BCUT2D eigenvalue weighted by atomic mass is 9.91. The van der Waals surface area contributed by atoms with Gasteiger partial charge in [0.1, 0.15) is 0 Å². The second-order valence-electron chi connectivity index (χ2n) is 4.70. The van der Waals surface area contributed by atoms with Crippen molar-refractivity contribution in [2.24, 2.45) is 23.2 Å². The zero-order chi connectivity index (χ0) is 7.35. The highest BCUT2D eigenvalue weighted by atomic mass is 14.6. The van der Waals surface area contributed by atoms with E-state index in [1.807, 2.05) is 0 Å². The standard InChI is InChI=1S/C10H17/c1-7-4-5-8-9(6-7)10(8,2)3/h6-9H,4-5H2,1-3H3. The molecule has 0 nitrogen and oxygen atoms in total. The Balaban J connectivity index is 2.04. The Morgan fingerprint density at radius 3 is 2.50 bits per heavy atom. The summed E-state index contributed by atoms with van der Waals surface area (Å²) >= 11 is 0. The lowest BCUT2D eigenvalue weighted by Gasteiger charge is -2.14. The quantitative estimate of drug-likeness (QED) is 0.481. The van der Waals surface area contributed by atoms with E-state index in [9.17, 15) is 0 Å². The second kappa shape index (κ2) is 1.78. The van der Waals surface area contributed by atoms with Gasteiger partial charge in [-0.3, -0.25) is 0 Å². The Morgan fingerprint density at radius 2 is 2.00 bits per heavy atom. The molecule has 0 spiro atoms. The molecule has 0 aliphatic heterocycles. The molecule has 0 aromatic rings. The van der Waals surface area contributed by atoms with Crippen molar-refractivity contribution in [2.75, 3.05) is 0 Å². The maximum atomic E-state index is 2.58. The molecule has 0 amide bonds. The zero-order valence-corrected chi connectivity index (χ0v) is 7.22. The minimum atomic E-state index is 0.671. The largest absolute Gasteiger partial charge is 0.0622 e. The SMILES string of the molecule is CC1[CH]C2C(CC1)C2(C)C. The fourth-order valence-corrected chi connectivity index (χ4v) is 2.61. The van der Waals surface area contributed by atoms with Gasteiger partial charge in [-0.15, -0.1) is 0 Å². The van der Waals surface area contributed by atoms with Gasteiger partial charge in [0.25, 0.3) is 0 Å². The molecule has 1 radical (unpaired) electrons. The molecule has 2 aliphatic rings. The van der Waals surface area contributed by atoms with E-state index < -0.39 is 0 Å². The summed E-state index contributed by atoms with van der Waals surface area (Å²) in [4.78, 5) is 0. The molecule has 0 aromatic heterocycles. The van der Waals surface area contributed by atoms with Gasteiger partial charge < -0.3 is 0 Å². The molecule has 0 bridgehead atoms. The molecule has 3 atom stereocenters. The van der Waals surface area contributed by atoms with Crippen LogP contribution in [0.5, 0.6) is 0 Å². The van der Waals surface area contributed by atoms with Crippen LogP contribution in [0.2, 0.25) is 0 Å². The normalized spacial score (nSPS) is 50.1. The predicted octanol–water partition coefficient (Wildman–Crippen LogP) is 2.89. The van der Waals surface area contributed by atoms with E-state index in [-0.39, 0.29) is 0 Å². The molecule has 0 aromatic carbocycles. The molecule has 0 N–H and O–H groups in total. The molecule has 2 saturated carbocycles. The third-order valence-electron chi connectivity index (χ3n) is 3.61. The highest BCUT2D eigenvalue weighted by Gasteiger charge is 2.58. The van der Waals surface area contributed by atoms with E-state index in [2.05, 4.69) is 27.2 Å². The first kappa shape index (κ1) is 6.69. The monoisotopic (exact) mass is 137 g/mol. The molecule has 10 heavy (non-hydrogen) atoms. The van der Waals surface area contributed by atoms with E-state index in [4.69, 9.17) is 0 Å². The molecule has 3 unspecified atom stereocenters. The summed E-state index contributed by atoms with van der Waals surface area (Å²) in [6, 6.07) is 0. The van der Waals surface area contributed by atoms with Gasteiger partial charge in [0.15, 0.2) is 0 Å². The van der Waals surface area contributed by atoms with E-state index in [0.717, 1.165) is 17.8 Å². The summed E-state index contributed by atoms with van der Waals surface area (Å²) < 4.78 is 0. The van der Waals surface area contributed by atoms with Crippen LogP contribution in [0.25, 0.3) is 0 Å². The molecule has 0 heteroatoms. The summed E-state index contributed by atoms with van der Waals surface area (Å²) in [5.74, 6) is 2.91. The number of fused-ring (bicyclic) bond motifs is 1. The summed E-state index contributed by atoms with van der Waals surface area (Å²) in [6.07, 6.45) is 5.49. The van der Waals surface area contributed by atoms with Crippen molar-refractivity contribution in [2.45, 2.75) is 33.6 Å². The first-order valence-electron chi connectivity index (χ1n) is 4.47. The van der Waals surface area contributed by atoms with Crippen LogP contribution in [0, 0.1) is 29.6 Å². The van der Waals surface area contributed by atoms with Crippen LogP contribution in [0.3, 0.4) is 0 Å². The van der Waals surface area contributed by atoms with Gasteiger partial charge in [-0.2, -0.15) is 0 Å². The Hall–Kier alpha value is 0. The van der Waals surface area contributed by atoms with Gasteiger partial charge in [0.05, 0.1) is 0 Å². The van der Waals surface area contributed by atoms with Gasteiger partial charge in [-0.25, -0.2) is 0 Å². The van der Waals surface area contributed by atoms with Crippen LogP contribution in [-0.4, -0.2) is 0 Å². The lowest BCUT2D eigenvalue weighted by molar-refractivity contribution is 0.454. The highest BCUT2D eigenvalue weighted by molar-refractivity contribution is 5.14. The van der Waals surface area contributed by atoms with Gasteiger partial charge >= 0.3 is 0 Å². The number of rotatable bonds is 0. The fourth-order valence-electron chi connectivity index (χ4n) is 2.61. The van der Waals surface area contributed by atoms with E-state index >= 15 is 0 Å². The minimum absolute atomic E-state index is 0.671. The maximum absolute atomic E-state index is 2.58. The minimum Gasteiger partial charge on any atom is -0.0622 e. The first-order valence-corrected chi connectivity index (χ1v) is 4.47. The molecular weight excluding hydrogens is 120 g/mol. The summed E-state index contributed by atoms with van der Waals surface area (Å²) in [6.45, 7) is 7.18. The van der Waals surface area contributed by atoms with Crippen molar-refractivity contribution in [1.82, 2.24) is 0 Å². The molecule has 57 valence electrons. The first-order chi connectivity index (χ1) is 4.62. The van der Waals surface area contributed by atoms with Crippen molar-refractivity contribution in [3.8, 4) is 0 Å². The third-order valence-corrected chi connectivity index (χ3v) is 3.61. The summed E-state index contributed by atoms with van der Waals surface area (Å²) in [5, 5.41) is 0. The van der Waals surface area contributed by atoms with Gasteiger partial charge in [0.2, 0.25) is 0 Å². The highest BCUT2D eigenvalue weighted by Crippen LogP contribution is 2.65. The number of hydrogen-bond acceptors (Lipinski definition) is 0. The van der Waals surface area contributed by atoms with Crippen LogP contribution < -0.4 is 0 Å². The Labute approximate surface area is 64.0 Å². The van der Waals surface area contributed by atoms with E-state index in [1.54, 1.807) is 0 Å². The van der Waals surface area contributed by atoms with E-state index in [1.165, 1.54) is 12.8 Å². The molecule has 0 heterocycles. The van der Waals surface area contributed by atoms with Crippen molar-refractivity contribution in [1.29, 1.82) is 0 Å². The Kier molecular flexibility index (Phi) is 1.19. The smallest absolute Gasteiger partial charge is 0.0289 e. The molecule has 2 fully saturated rings. The van der Waals surface area contributed by atoms with Crippen molar-refractivity contribution >= 4 is 0 Å². The summed E-state index contributed by atoms with van der Waals surface area (Å²) in [7, 11) is 0. The Morgan fingerprint density at radius 1 is 1.30 bits per heavy atom. The van der Waals surface area contributed by atoms with E-state index in [0.29, 0.717) is 5.41 Å². The van der Waals surface area contributed by atoms with Gasteiger partial charge in [0, 0.05) is 0 Å². The van der Waals surface area contributed by atoms with Crippen LogP contribution in [0.15, 0.2) is 0 Å². The summed E-state index contributed by atoms with van der Waals surface area (Å²) in [5.41, 5.74) is 0.671. The number of hydrogen-bond donors (Lipinski definition) is 0. The Bertz CT molecular complexity index is 146. The third kappa shape index (κ3) is 0.741. The van der Waals surface area contributed by atoms with Gasteiger partial charge in [-0.05, 0) is 36.0 Å². The van der Waals surface area contributed by atoms with Gasteiger partial charge in [-0.1, -0.05) is 27.2 Å². The molecule has 2 rings (SSSR count). The van der Waals surface area contributed by atoms with Crippen LogP contribution >= 0.6 is 0 Å². The van der Waals surface area contributed by atoms with Crippen molar-refractivity contribution in [3.63, 3.8) is 0 Å². The molecule has 0 saturated heterocycles. The maximum Gasteiger partial charge on any atom is -0.0289 e. The topological polar surface area (TPSA) is 0 Å². The lowest BCUT2D eigenvalue weighted by Crippen LogP contribution is -2.04. The average Bonchev–Trinajstić information content (AvgIpc) is 2.36. The second-order valence-corrected chi connectivity index (χ2v) is 4.70.